The van der Waals surface area contributed by atoms with Crippen molar-refractivity contribution in [3.05, 3.63) is 15.7 Å². The van der Waals surface area contributed by atoms with E-state index in [4.69, 9.17) is 0 Å². The molecular weight excluding hydrogens is 236 g/mol. The molecule has 5 nitrogen and oxygen atoms in total. The molecule has 0 aromatic carbocycles. The van der Waals surface area contributed by atoms with Gasteiger partial charge < -0.3 is 5.32 Å². The first-order chi connectivity index (χ1) is 8.33. The highest BCUT2D eigenvalue weighted by atomic mass is 32.1. The van der Waals surface area contributed by atoms with E-state index in [1.807, 2.05) is 0 Å². The van der Waals surface area contributed by atoms with Gasteiger partial charge in [-0.15, -0.1) is 0 Å². The molecule has 3 rings (SSSR count). The van der Waals surface area contributed by atoms with Crippen LogP contribution in [0.3, 0.4) is 0 Å². The third-order valence-electron chi connectivity index (χ3n) is 3.17. The van der Waals surface area contributed by atoms with Crippen molar-refractivity contribution in [2.24, 2.45) is 0 Å². The molecule has 0 unspecified atom stereocenters. The maximum absolute atomic E-state index is 11.8. The summed E-state index contributed by atoms with van der Waals surface area (Å²) in [5.74, 6) is 0. The summed E-state index contributed by atoms with van der Waals surface area (Å²) in [6.45, 7) is 0. The topological polar surface area (TPSA) is 70.7 Å². The van der Waals surface area contributed by atoms with E-state index in [2.05, 4.69) is 20.5 Å². The molecule has 0 spiro atoms. The second kappa shape index (κ2) is 4.44. The lowest BCUT2D eigenvalue weighted by Crippen LogP contribution is -2.22. The fraction of sp³-hybridized carbons (Fsp3) is 0.545. The molecule has 0 amide bonds. The average Bonchev–Trinajstić information content (AvgIpc) is 2.79. The highest BCUT2D eigenvalue weighted by molar-refractivity contribution is 7.13. The Morgan fingerprint density at radius 3 is 3.00 bits per heavy atom. The molecule has 0 atom stereocenters. The van der Waals surface area contributed by atoms with Gasteiger partial charge in [-0.1, -0.05) is 30.6 Å². The van der Waals surface area contributed by atoms with Crippen LogP contribution in [0.25, 0.3) is 11.0 Å². The number of hydrogen-bond acceptors (Lipinski definition) is 5. The molecule has 2 heterocycles. The molecule has 1 aliphatic carbocycles. The van der Waals surface area contributed by atoms with Gasteiger partial charge in [0.25, 0.3) is 0 Å². The molecule has 2 aromatic rings. The third kappa shape index (κ3) is 2.17. The average molecular weight is 250 g/mol. The van der Waals surface area contributed by atoms with Gasteiger partial charge in [-0.2, -0.15) is 5.10 Å². The quantitative estimate of drug-likeness (QED) is 0.856. The standard InChI is InChI=1S/C11H14N4OS/c16-10-8-6-12-15-9(8)14-11(17-10)13-7-4-2-1-3-5-7/h6-7H,1-5H2,(H2,12,13,14,15). The second-order valence-electron chi connectivity index (χ2n) is 4.42. The van der Waals surface area contributed by atoms with Crippen LogP contribution in [0.2, 0.25) is 0 Å². The van der Waals surface area contributed by atoms with Gasteiger partial charge in [0.1, 0.15) is 0 Å². The van der Waals surface area contributed by atoms with Gasteiger partial charge in [0.2, 0.25) is 4.74 Å². The minimum atomic E-state index is 0.0158. The van der Waals surface area contributed by atoms with Crippen LogP contribution < -0.4 is 10.1 Å². The fourth-order valence-electron chi connectivity index (χ4n) is 2.26. The molecule has 1 saturated carbocycles. The monoisotopic (exact) mass is 250 g/mol. The maximum atomic E-state index is 11.8. The predicted octanol–water partition coefficient (Wildman–Crippen LogP) is 2.12. The van der Waals surface area contributed by atoms with Gasteiger partial charge in [-0.05, 0) is 12.8 Å². The van der Waals surface area contributed by atoms with Crippen LogP contribution in [0.4, 0.5) is 5.13 Å². The molecule has 2 aromatic heterocycles. The van der Waals surface area contributed by atoms with Crippen LogP contribution in [-0.2, 0) is 0 Å². The molecule has 0 saturated heterocycles. The van der Waals surface area contributed by atoms with Gasteiger partial charge in [0.15, 0.2) is 10.8 Å². The Bertz CT molecular complexity index is 570. The van der Waals surface area contributed by atoms with Gasteiger partial charge in [-0.3, -0.25) is 9.89 Å². The SMILES string of the molecule is O=c1sc(NC2CCCCC2)nc2[nH]ncc12. The molecular formula is C11H14N4OS. The van der Waals surface area contributed by atoms with Gasteiger partial charge in [0, 0.05) is 6.04 Å². The summed E-state index contributed by atoms with van der Waals surface area (Å²) in [5, 5.41) is 11.2. The first-order valence-electron chi connectivity index (χ1n) is 5.94. The molecule has 17 heavy (non-hydrogen) atoms. The number of nitrogens with zero attached hydrogens (tertiary/aromatic N) is 2. The van der Waals surface area contributed by atoms with Crippen LogP contribution >= 0.6 is 11.3 Å². The van der Waals surface area contributed by atoms with Crippen molar-refractivity contribution < 1.29 is 0 Å². The summed E-state index contributed by atoms with van der Waals surface area (Å²) in [5.41, 5.74) is 0.576. The van der Waals surface area contributed by atoms with Gasteiger partial charge >= 0.3 is 0 Å². The van der Waals surface area contributed by atoms with E-state index in [9.17, 15) is 4.79 Å². The van der Waals surface area contributed by atoms with Crippen molar-refractivity contribution in [3.63, 3.8) is 0 Å². The number of H-pyrrole nitrogens is 1. The lowest BCUT2D eigenvalue weighted by atomic mass is 9.96. The molecule has 6 heteroatoms. The van der Waals surface area contributed by atoms with E-state index < -0.39 is 0 Å². The van der Waals surface area contributed by atoms with Crippen molar-refractivity contribution in [1.82, 2.24) is 15.2 Å². The minimum absolute atomic E-state index is 0.0158. The number of nitrogens with one attached hydrogen (secondary N) is 2. The Morgan fingerprint density at radius 2 is 2.18 bits per heavy atom. The molecule has 0 radical (unpaired) electrons. The zero-order valence-corrected chi connectivity index (χ0v) is 10.2. The number of anilines is 1. The first-order valence-corrected chi connectivity index (χ1v) is 6.75. The molecule has 2 N–H and O–H groups in total. The van der Waals surface area contributed by atoms with E-state index >= 15 is 0 Å². The zero-order valence-electron chi connectivity index (χ0n) is 9.40. The van der Waals surface area contributed by atoms with Gasteiger partial charge in [0.05, 0.1) is 11.6 Å². The molecule has 90 valence electrons. The van der Waals surface area contributed by atoms with Crippen molar-refractivity contribution in [1.29, 1.82) is 0 Å². The van der Waals surface area contributed by atoms with E-state index in [1.165, 1.54) is 49.6 Å². The normalized spacial score (nSPS) is 17.4. The lowest BCUT2D eigenvalue weighted by molar-refractivity contribution is 0.462. The molecule has 1 fully saturated rings. The Labute approximate surface area is 102 Å². The highest BCUT2D eigenvalue weighted by Crippen LogP contribution is 2.22. The predicted molar refractivity (Wildman–Crippen MR) is 68.5 cm³/mol. The van der Waals surface area contributed by atoms with E-state index in [1.54, 1.807) is 0 Å². The van der Waals surface area contributed by atoms with E-state index in [0.717, 1.165) is 0 Å². The van der Waals surface area contributed by atoms with E-state index in [-0.39, 0.29) is 4.74 Å². The number of fused-ring (bicyclic) bond motifs is 1. The molecule has 1 aliphatic rings. The number of hydrogen-bond donors (Lipinski definition) is 2. The maximum Gasteiger partial charge on any atom is 0.248 e. The number of aromatic amines is 1. The van der Waals surface area contributed by atoms with Crippen LogP contribution in [0, 0.1) is 0 Å². The summed E-state index contributed by atoms with van der Waals surface area (Å²) >= 11 is 1.17. The number of rotatable bonds is 2. The Kier molecular flexibility index (Phi) is 2.80. The molecule has 0 aliphatic heterocycles. The first kappa shape index (κ1) is 10.7. The van der Waals surface area contributed by atoms with Crippen LogP contribution in [-0.4, -0.2) is 21.2 Å². The summed E-state index contributed by atoms with van der Waals surface area (Å²) in [6.07, 6.45) is 7.72. The Balaban J connectivity index is 1.87. The third-order valence-corrected chi connectivity index (χ3v) is 3.98. The van der Waals surface area contributed by atoms with Crippen molar-refractivity contribution in [2.45, 2.75) is 38.1 Å². The second-order valence-corrected chi connectivity index (χ2v) is 5.38. The summed E-state index contributed by atoms with van der Waals surface area (Å²) < 4.78 is 0.0158. The number of aromatic nitrogens is 3. The minimum Gasteiger partial charge on any atom is -0.359 e. The largest absolute Gasteiger partial charge is 0.359 e. The Hall–Kier alpha value is -1.43. The highest BCUT2D eigenvalue weighted by Gasteiger charge is 2.15. The zero-order chi connectivity index (χ0) is 11.7. The van der Waals surface area contributed by atoms with Crippen molar-refractivity contribution >= 4 is 27.5 Å². The molecule has 0 bridgehead atoms. The van der Waals surface area contributed by atoms with Gasteiger partial charge in [-0.25, -0.2) is 4.98 Å². The smallest absolute Gasteiger partial charge is 0.248 e. The van der Waals surface area contributed by atoms with Crippen LogP contribution in [0.1, 0.15) is 32.1 Å². The fourth-order valence-corrected chi connectivity index (χ4v) is 3.06. The van der Waals surface area contributed by atoms with Crippen molar-refractivity contribution in [3.8, 4) is 0 Å². The lowest BCUT2D eigenvalue weighted by Gasteiger charge is -2.22. The van der Waals surface area contributed by atoms with Crippen LogP contribution in [0.5, 0.6) is 0 Å². The van der Waals surface area contributed by atoms with E-state index in [0.29, 0.717) is 22.2 Å². The summed E-state index contributed by atoms with van der Waals surface area (Å²) in [6, 6.07) is 0.465. The summed E-state index contributed by atoms with van der Waals surface area (Å²) in [4.78, 5) is 16.2. The van der Waals surface area contributed by atoms with Crippen LogP contribution in [0.15, 0.2) is 11.0 Å². The summed E-state index contributed by atoms with van der Waals surface area (Å²) in [7, 11) is 0. The Morgan fingerprint density at radius 1 is 1.35 bits per heavy atom. The van der Waals surface area contributed by atoms with Crippen molar-refractivity contribution in [2.75, 3.05) is 5.32 Å².